The maximum Gasteiger partial charge on any atom is 0.358 e. The van der Waals surface area contributed by atoms with Crippen molar-refractivity contribution in [3.8, 4) is 0 Å². The molecular weight excluding hydrogens is 453 g/mol. The number of nitrogens with one attached hydrogen (secondary N) is 1. The van der Waals surface area contributed by atoms with E-state index < -0.39 is 21.8 Å². The van der Waals surface area contributed by atoms with E-state index in [4.69, 9.17) is 4.74 Å². The molecule has 32 heavy (non-hydrogen) atoms. The molecule has 1 N–H and O–H groups in total. The molecule has 1 unspecified atom stereocenters. The van der Waals surface area contributed by atoms with Crippen molar-refractivity contribution in [1.82, 2.24) is 14.6 Å². The van der Waals surface area contributed by atoms with Crippen molar-refractivity contribution in [2.45, 2.75) is 63.6 Å². The standard InChI is InChI=1S/C22H28FN3O4S2/c1-13(2)30-21(27)19-20(31-15(4)25-19)14(3)24-16-9-22(10-16)11-26(12-22)32(28,29)18-8-6-5-7-17(18)23/h5-8,13-14,16,24H,9-12H2,1-4H3. The van der Waals surface area contributed by atoms with Gasteiger partial charge in [-0.3, -0.25) is 0 Å². The highest BCUT2D eigenvalue weighted by molar-refractivity contribution is 7.89. The van der Waals surface area contributed by atoms with Gasteiger partial charge in [0.05, 0.1) is 16.0 Å². The van der Waals surface area contributed by atoms with Crippen molar-refractivity contribution in [2.75, 3.05) is 13.1 Å². The molecule has 1 aromatic carbocycles. The first kappa shape index (κ1) is 23.3. The number of aromatic nitrogens is 1. The van der Waals surface area contributed by atoms with Gasteiger partial charge in [-0.05, 0) is 52.7 Å². The summed E-state index contributed by atoms with van der Waals surface area (Å²) in [5, 5.41) is 4.35. The van der Waals surface area contributed by atoms with Crippen LogP contribution in [-0.2, 0) is 14.8 Å². The molecule has 4 rings (SSSR count). The number of sulfonamides is 1. The summed E-state index contributed by atoms with van der Waals surface area (Å²) < 4.78 is 46.1. The predicted molar refractivity (Wildman–Crippen MR) is 120 cm³/mol. The van der Waals surface area contributed by atoms with Crippen LogP contribution in [0.4, 0.5) is 4.39 Å². The van der Waals surface area contributed by atoms with Crippen LogP contribution in [0, 0.1) is 18.2 Å². The fraction of sp³-hybridized carbons (Fsp3) is 0.545. The van der Waals surface area contributed by atoms with E-state index in [1.54, 1.807) is 13.8 Å². The summed E-state index contributed by atoms with van der Waals surface area (Å²) in [5.41, 5.74) is 0.305. The van der Waals surface area contributed by atoms with E-state index in [9.17, 15) is 17.6 Å². The number of carbonyl (C=O) groups excluding carboxylic acids is 1. The first-order valence-corrected chi connectivity index (χ1v) is 13.0. The largest absolute Gasteiger partial charge is 0.458 e. The minimum Gasteiger partial charge on any atom is -0.458 e. The molecule has 1 saturated heterocycles. The Kier molecular flexibility index (Phi) is 6.17. The Labute approximate surface area is 192 Å². The second-order valence-electron chi connectivity index (χ2n) is 9.10. The van der Waals surface area contributed by atoms with Crippen LogP contribution in [0.2, 0.25) is 0 Å². The third-order valence-corrected chi connectivity index (χ3v) is 8.99. The summed E-state index contributed by atoms with van der Waals surface area (Å²) in [6.45, 7) is 8.29. The van der Waals surface area contributed by atoms with Crippen LogP contribution in [0.5, 0.6) is 0 Å². The predicted octanol–water partition coefficient (Wildman–Crippen LogP) is 3.66. The van der Waals surface area contributed by atoms with Gasteiger partial charge in [0.25, 0.3) is 0 Å². The molecule has 0 radical (unpaired) electrons. The molecule has 2 aliphatic rings. The Morgan fingerprint density at radius 1 is 1.28 bits per heavy atom. The van der Waals surface area contributed by atoms with Crippen LogP contribution in [0.15, 0.2) is 29.2 Å². The van der Waals surface area contributed by atoms with Crippen molar-refractivity contribution in [3.05, 3.63) is 45.7 Å². The smallest absolute Gasteiger partial charge is 0.358 e. The van der Waals surface area contributed by atoms with E-state index in [0.29, 0.717) is 18.8 Å². The molecule has 10 heteroatoms. The summed E-state index contributed by atoms with van der Waals surface area (Å²) in [7, 11) is -3.81. The SMILES string of the molecule is Cc1nc(C(=O)OC(C)C)c(C(C)NC2CC3(C2)CN(S(=O)(=O)c2ccccc2F)C3)s1. The average Bonchev–Trinajstić information content (AvgIpc) is 3.04. The van der Waals surface area contributed by atoms with Gasteiger partial charge in [0, 0.05) is 30.6 Å². The topological polar surface area (TPSA) is 88.6 Å². The lowest BCUT2D eigenvalue weighted by atomic mass is 9.61. The molecule has 1 aliphatic heterocycles. The van der Waals surface area contributed by atoms with Gasteiger partial charge in [0.1, 0.15) is 10.7 Å². The van der Waals surface area contributed by atoms with Gasteiger partial charge in [-0.1, -0.05) is 12.1 Å². The summed E-state index contributed by atoms with van der Waals surface area (Å²) in [6.07, 6.45) is 1.46. The van der Waals surface area contributed by atoms with E-state index in [0.717, 1.165) is 22.7 Å². The van der Waals surface area contributed by atoms with Crippen LogP contribution in [0.3, 0.4) is 0 Å². The van der Waals surface area contributed by atoms with Gasteiger partial charge in [-0.2, -0.15) is 4.31 Å². The normalized spacial score (nSPS) is 19.6. The van der Waals surface area contributed by atoms with E-state index in [2.05, 4.69) is 10.3 Å². The molecule has 2 fully saturated rings. The van der Waals surface area contributed by atoms with Crippen LogP contribution in [0.25, 0.3) is 0 Å². The van der Waals surface area contributed by atoms with Gasteiger partial charge in [-0.25, -0.2) is 22.6 Å². The molecule has 7 nitrogen and oxygen atoms in total. The number of thiazole rings is 1. The van der Waals surface area contributed by atoms with Crippen molar-refractivity contribution >= 4 is 27.3 Å². The molecule has 2 aromatic rings. The fourth-order valence-corrected chi connectivity index (χ4v) is 7.26. The van der Waals surface area contributed by atoms with E-state index in [1.165, 1.54) is 39.9 Å². The first-order valence-electron chi connectivity index (χ1n) is 10.7. The molecule has 0 amide bonds. The molecule has 1 saturated carbocycles. The van der Waals surface area contributed by atoms with Gasteiger partial charge in [-0.15, -0.1) is 11.3 Å². The second-order valence-corrected chi connectivity index (χ2v) is 12.2. The number of hydrogen-bond donors (Lipinski definition) is 1. The van der Waals surface area contributed by atoms with Crippen molar-refractivity contribution in [2.24, 2.45) is 5.41 Å². The zero-order valence-corrected chi connectivity index (χ0v) is 20.2. The lowest BCUT2D eigenvalue weighted by Crippen LogP contribution is -2.67. The fourth-order valence-electron chi connectivity index (χ4n) is 4.61. The zero-order chi connectivity index (χ0) is 23.3. The quantitative estimate of drug-likeness (QED) is 0.607. The summed E-state index contributed by atoms with van der Waals surface area (Å²) in [5.74, 6) is -1.13. The van der Waals surface area contributed by atoms with E-state index in [1.807, 2.05) is 13.8 Å². The minimum absolute atomic E-state index is 0.0568. The Balaban J connectivity index is 1.34. The summed E-state index contributed by atoms with van der Waals surface area (Å²) in [4.78, 5) is 17.4. The van der Waals surface area contributed by atoms with Gasteiger partial charge in [0.2, 0.25) is 10.0 Å². The third kappa shape index (κ3) is 4.33. The van der Waals surface area contributed by atoms with Crippen LogP contribution >= 0.6 is 11.3 Å². The van der Waals surface area contributed by atoms with Crippen LogP contribution < -0.4 is 5.32 Å². The first-order chi connectivity index (χ1) is 15.0. The van der Waals surface area contributed by atoms with Crippen molar-refractivity contribution in [1.29, 1.82) is 0 Å². The number of rotatable bonds is 7. The minimum atomic E-state index is -3.81. The third-order valence-electron chi connectivity index (χ3n) is 6.01. The Morgan fingerprint density at radius 3 is 2.56 bits per heavy atom. The highest BCUT2D eigenvalue weighted by atomic mass is 32.2. The maximum atomic E-state index is 14.0. The van der Waals surface area contributed by atoms with Gasteiger partial charge < -0.3 is 10.1 Å². The lowest BCUT2D eigenvalue weighted by Gasteiger charge is -2.58. The summed E-state index contributed by atoms with van der Waals surface area (Å²) in [6, 6.07) is 5.63. The molecular formula is C22H28FN3O4S2. The Morgan fingerprint density at radius 2 is 1.94 bits per heavy atom. The highest BCUT2D eigenvalue weighted by Crippen LogP contribution is 2.50. The molecule has 1 atom stereocenters. The molecule has 1 aromatic heterocycles. The number of esters is 1. The number of hydrogen-bond acceptors (Lipinski definition) is 7. The highest BCUT2D eigenvalue weighted by Gasteiger charge is 2.56. The molecule has 174 valence electrons. The number of halogens is 1. The summed E-state index contributed by atoms with van der Waals surface area (Å²) >= 11 is 1.48. The number of aryl methyl sites for hydroxylation is 1. The molecule has 2 heterocycles. The van der Waals surface area contributed by atoms with Gasteiger partial charge >= 0.3 is 5.97 Å². The average molecular weight is 482 g/mol. The number of ether oxygens (including phenoxy) is 1. The monoisotopic (exact) mass is 481 g/mol. The lowest BCUT2D eigenvalue weighted by molar-refractivity contribution is -0.0363. The Bertz CT molecular complexity index is 1120. The van der Waals surface area contributed by atoms with E-state index >= 15 is 0 Å². The van der Waals surface area contributed by atoms with Crippen LogP contribution in [-0.4, -0.2) is 48.9 Å². The van der Waals surface area contributed by atoms with Crippen molar-refractivity contribution < 1.29 is 22.3 Å². The number of carbonyl (C=O) groups is 1. The van der Waals surface area contributed by atoms with Gasteiger partial charge in [0.15, 0.2) is 5.69 Å². The second kappa shape index (κ2) is 8.48. The zero-order valence-electron chi connectivity index (χ0n) is 18.6. The van der Waals surface area contributed by atoms with Crippen molar-refractivity contribution in [3.63, 3.8) is 0 Å². The van der Waals surface area contributed by atoms with E-state index in [-0.39, 0.29) is 28.5 Å². The Hall–Kier alpha value is -1.88. The van der Waals surface area contributed by atoms with Crippen LogP contribution in [0.1, 0.15) is 60.0 Å². The molecule has 0 bridgehead atoms. The maximum absolute atomic E-state index is 14.0. The molecule has 1 spiro atoms. The number of nitrogens with zero attached hydrogens (tertiary/aromatic N) is 2. The number of benzene rings is 1. The molecule has 1 aliphatic carbocycles.